The first-order valence-corrected chi connectivity index (χ1v) is 11.8. The number of carbonyl (C=O) groups excluding carboxylic acids is 1. The fourth-order valence-corrected chi connectivity index (χ4v) is 4.82. The maximum absolute atomic E-state index is 12.4. The third-order valence-corrected chi connectivity index (χ3v) is 7.32. The second-order valence-corrected chi connectivity index (χ2v) is 10.3. The van der Waals surface area contributed by atoms with Crippen LogP contribution in [0, 0.1) is 0 Å². The van der Waals surface area contributed by atoms with E-state index in [1.165, 1.54) is 62.9 Å². The Bertz CT molecular complexity index is 1060. The summed E-state index contributed by atoms with van der Waals surface area (Å²) in [5.41, 5.74) is 0.330. The van der Waals surface area contributed by atoms with Gasteiger partial charge < -0.3 is 10.1 Å². The second-order valence-electron chi connectivity index (χ2n) is 6.50. The summed E-state index contributed by atoms with van der Waals surface area (Å²) in [7, 11) is -4.83. The van der Waals surface area contributed by atoms with Crippen molar-refractivity contribution < 1.29 is 26.4 Å². The molecule has 1 amide bonds. The molecule has 30 heavy (non-hydrogen) atoms. The van der Waals surface area contributed by atoms with Crippen molar-refractivity contribution in [2.75, 3.05) is 32.6 Å². The highest BCUT2D eigenvalue weighted by Gasteiger charge is 2.23. The van der Waals surface area contributed by atoms with Gasteiger partial charge >= 0.3 is 0 Å². The number of nitrogens with one attached hydrogen (secondary N) is 2. The molecule has 0 aliphatic heterocycles. The molecule has 0 spiro atoms. The van der Waals surface area contributed by atoms with Gasteiger partial charge in [-0.15, -0.1) is 0 Å². The topological polar surface area (TPSA) is 135 Å². The minimum absolute atomic E-state index is 0.0231. The molecule has 0 saturated carbocycles. The molecule has 2 aromatic rings. The molecule has 0 fully saturated rings. The normalized spacial score (nSPS) is 13.2. The summed E-state index contributed by atoms with van der Waals surface area (Å²) in [4.78, 5) is 16.0. The molecule has 1 heterocycles. The van der Waals surface area contributed by atoms with E-state index in [9.17, 15) is 21.6 Å². The maximum Gasteiger partial charge on any atom is 0.244 e. The zero-order valence-electron chi connectivity index (χ0n) is 16.8. The van der Waals surface area contributed by atoms with Gasteiger partial charge in [0.15, 0.2) is 0 Å². The van der Waals surface area contributed by atoms with Crippen molar-refractivity contribution in [2.45, 2.75) is 22.8 Å². The van der Waals surface area contributed by atoms with Crippen LogP contribution in [0.25, 0.3) is 0 Å². The smallest absolute Gasteiger partial charge is 0.244 e. The summed E-state index contributed by atoms with van der Waals surface area (Å²) in [6, 6.07) is 7.99. The highest BCUT2D eigenvalue weighted by atomic mass is 32.2. The molecule has 0 aliphatic rings. The zero-order valence-corrected chi connectivity index (χ0v) is 18.4. The molecule has 1 aromatic carbocycles. The van der Waals surface area contributed by atoms with E-state index in [1.807, 2.05) is 0 Å². The van der Waals surface area contributed by atoms with Gasteiger partial charge in [-0.25, -0.2) is 21.6 Å². The molecule has 2 rings (SSSR count). The van der Waals surface area contributed by atoms with Crippen LogP contribution in [0.4, 0.5) is 5.69 Å². The number of anilines is 1. The molecule has 2 N–H and O–H groups in total. The van der Waals surface area contributed by atoms with Gasteiger partial charge in [0.1, 0.15) is 4.90 Å². The summed E-state index contributed by atoms with van der Waals surface area (Å²) in [5, 5.41) is 2.54. The zero-order chi connectivity index (χ0) is 22.4. The van der Waals surface area contributed by atoms with E-state index in [-0.39, 0.29) is 16.4 Å². The number of pyridine rings is 1. The summed E-state index contributed by atoms with van der Waals surface area (Å²) < 4.78 is 57.8. The number of benzene rings is 1. The number of nitrogens with zero attached hydrogens (tertiary/aromatic N) is 2. The maximum atomic E-state index is 12.4. The van der Waals surface area contributed by atoms with Crippen LogP contribution in [0.5, 0.6) is 0 Å². The van der Waals surface area contributed by atoms with Crippen LogP contribution in [0.1, 0.15) is 6.92 Å². The lowest BCUT2D eigenvalue weighted by molar-refractivity contribution is -0.116. The van der Waals surface area contributed by atoms with E-state index in [1.54, 1.807) is 6.92 Å². The van der Waals surface area contributed by atoms with Crippen LogP contribution >= 0.6 is 0 Å². The molecule has 1 unspecified atom stereocenters. The second kappa shape index (κ2) is 10.1. The highest BCUT2D eigenvalue weighted by Crippen LogP contribution is 2.16. The summed E-state index contributed by atoms with van der Waals surface area (Å²) in [6.07, 6.45) is 2.65. The Morgan fingerprint density at radius 2 is 1.80 bits per heavy atom. The highest BCUT2D eigenvalue weighted by molar-refractivity contribution is 7.89. The number of rotatable bonds is 10. The Morgan fingerprint density at radius 3 is 2.37 bits per heavy atom. The van der Waals surface area contributed by atoms with Crippen molar-refractivity contribution in [3.63, 3.8) is 0 Å². The van der Waals surface area contributed by atoms with Gasteiger partial charge in [-0.05, 0) is 43.3 Å². The van der Waals surface area contributed by atoms with Crippen LogP contribution in [-0.4, -0.2) is 65.4 Å². The first-order valence-electron chi connectivity index (χ1n) is 8.84. The number of hydrogen-bond acceptors (Lipinski definition) is 7. The van der Waals surface area contributed by atoms with Gasteiger partial charge in [0.25, 0.3) is 0 Å². The van der Waals surface area contributed by atoms with E-state index >= 15 is 0 Å². The number of aromatic nitrogens is 1. The SMILES string of the molecule is COCC(C)NS(=O)(=O)c1ccc(NC(=O)CN(C)S(=O)(=O)c2cccnc2)cc1. The van der Waals surface area contributed by atoms with Gasteiger partial charge in [-0.3, -0.25) is 9.78 Å². The molecule has 0 saturated heterocycles. The monoisotopic (exact) mass is 456 g/mol. The fourth-order valence-electron chi connectivity index (χ4n) is 2.50. The lowest BCUT2D eigenvalue weighted by Crippen LogP contribution is -2.35. The predicted molar refractivity (Wildman–Crippen MR) is 111 cm³/mol. The average molecular weight is 457 g/mol. The number of sulfonamides is 2. The van der Waals surface area contributed by atoms with Gasteiger partial charge in [0, 0.05) is 38.3 Å². The number of methoxy groups -OCH3 is 1. The first kappa shape index (κ1) is 23.9. The summed E-state index contributed by atoms with van der Waals surface area (Å²) >= 11 is 0. The molecular weight excluding hydrogens is 432 g/mol. The van der Waals surface area contributed by atoms with Crippen molar-refractivity contribution in [1.29, 1.82) is 0 Å². The molecule has 12 heteroatoms. The van der Waals surface area contributed by atoms with Gasteiger partial charge in [0.05, 0.1) is 18.0 Å². The molecule has 10 nitrogen and oxygen atoms in total. The van der Waals surface area contributed by atoms with Gasteiger partial charge in [-0.1, -0.05) is 0 Å². The standard InChI is InChI=1S/C18H24N4O6S2/c1-14(13-28-3)21-29(24,25)16-8-6-15(7-9-16)20-18(23)12-22(2)30(26,27)17-5-4-10-19-11-17/h4-11,14,21H,12-13H2,1-3H3,(H,20,23). The minimum atomic E-state index is -3.86. The Balaban J connectivity index is 2.01. The molecule has 0 aliphatic carbocycles. The Hall–Kier alpha value is -2.38. The van der Waals surface area contributed by atoms with Crippen molar-refractivity contribution in [2.24, 2.45) is 0 Å². The predicted octanol–water partition coefficient (Wildman–Crippen LogP) is 0.654. The van der Waals surface area contributed by atoms with Crippen molar-refractivity contribution in [1.82, 2.24) is 14.0 Å². The molecule has 1 aromatic heterocycles. The molecule has 0 bridgehead atoms. The molecular formula is C18H24N4O6S2. The third-order valence-electron chi connectivity index (χ3n) is 3.93. The summed E-state index contributed by atoms with van der Waals surface area (Å²) in [6.45, 7) is 1.47. The van der Waals surface area contributed by atoms with Crippen LogP contribution in [-0.2, 0) is 29.6 Å². The molecule has 164 valence electrons. The average Bonchev–Trinajstić information content (AvgIpc) is 2.68. The molecule has 0 radical (unpaired) electrons. The van der Waals surface area contributed by atoms with Gasteiger partial charge in [-0.2, -0.15) is 4.31 Å². The number of ether oxygens (including phenoxy) is 1. The largest absolute Gasteiger partial charge is 0.383 e. The summed E-state index contributed by atoms with van der Waals surface area (Å²) in [5.74, 6) is -0.576. The van der Waals surface area contributed by atoms with Crippen LogP contribution < -0.4 is 10.0 Å². The first-order chi connectivity index (χ1) is 14.1. The number of amides is 1. The quantitative estimate of drug-likeness (QED) is 0.536. The van der Waals surface area contributed by atoms with Crippen molar-refractivity contribution >= 4 is 31.6 Å². The molecule has 1 atom stereocenters. The number of hydrogen-bond donors (Lipinski definition) is 2. The van der Waals surface area contributed by atoms with Crippen LogP contribution in [0.15, 0.2) is 58.6 Å². The van der Waals surface area contributed by atoms with E-state index in [4.69, 9.17) is 4.74 Å². The van der Waals surface area contributed by atoms with E-state index in [0.717, 1.165) is 4.31 Å². The van der Waals surface area contributed by atoms with Crippen molar-refractivity contribution in [3.05, 3.63) is 48.8 Å². The Kier molecular flexibility index (Phi) is 8.03. The van der Waals surface area contributed by atoms with Gasteiger partial charge in [0.2, 0.25) is 26.0 Å². The van der Waals surface area contributed by atoms with E-state index in [0.29, 0.717) is 5.69 Å². The minimum Gasteiger partial charge on any atom is -0.383 e. The number of carbonyl (C=O) groups is 1. The van der Waals surface area contributed by atoms with Crippen LogP contribution in [0.3, 0.4) is 0 Å². The van der Waals surface area contributed by atoms with Crippen LogP contribution in [0.2, 0.25) is 0 Å². The Labute approximate surface area is 176 Å². The fraction of sp³-hybridized carbons (Fsp3) is 0.333. The van der Waals surface area contributed by atoms with E-state index < -0.39 is 38.5 Å². The lowest BCUT2D eigenvalue weighted by Gasteiger charge is -2.17. The van der Waals surface area contributed by atoms with Crippen molar-refractivity contribution in [3.8, 4) is 0 Å². The Morgan fingerprint density at radius 1 is 1.13 bits per heavy atom. The van der Waals surface area contributed by atoms with E-state index in [2.05, 4.69) is 15.0 Å². The lowest BCUT2D eigenvalue weighted by atomic mass is 10.3. The number of likely N-dealkylation sites (N-methyl/N-ethyl adjacent to an activating group) is 1. The third kappa shape index (κ3) is 6.31.